The highest BCUT2D eigenvalue weighted by atomic mass is 33.1. The van der Waals surface area contributed by atoms with E-state index < -0.39 is 0 Å². The fourth-order valence-electron chi connectivity index (χ4n) is 11.9. The van der Waals surface area contributed by atoms with Crippen LogP contribution in [-0.2, 0) is 31.8 Å². The molecule has 8 heteroatoms. The van der Waals surface area contributed by atoms with Crippen molar-refractivity contribution in [3.63, 3.8) is 0 Å². The predicted octanol–water partition coefficient (Wildman–Crippen LogP) is 9.77. The van der Waals surface area contributed by atoms with Crippen LogP contribution >= 0.6 is 21.6 Å². The maximum Gasteiger partial charge on any atom is 0.343 e. The summed E-state index contributed by atoms with van der Waals surface area (Å²) in [6, 6.07) is 10.1. The number of nitrogens with zero attached hydrogens (tertiary/aromatic N) is 1. The molecule has 8 rings (SSSR count). The Kier molecular flexibility index (Phi) is 11.2. The Morgan fingerprint density at radius 3 is 2.62 bits per heavy atom. The molecule has 284 valence electrons. The Bertz CT molecular complexity index is 1580. The molecule has 1 aromatic carbocycles. The van der Waals surface area contributed by atoms with Crippen LogP contribution in [0.4, 0.5) is 0 Å². The largest absolute Gasteiger partial charge is 0.492 e. The molecule has 2 aliphatic carbocycles. The van der Waals surface area contributed by atoms with Crippen LogP contribution in [0.15, 0.2) is 59.0 Å². The van der Waals surface area contributed by atoms with E-state index in [0.717, 1.165) is 61.7 Å². The number of fused-ring (bicyclic) bond motifs is 4. The van der Waals surface area contributed by atoms with Crippen molar-refractivity contribution < 1.29 is 24.1 Å². The number of ether oxygens (including phenoxy) is 3. The summed E-state index contributed by atoms with van der Waals surface area (Å²) in [5.74, 6) is 6.52. The van der Waals surface area contributed by atoms with Crippen molar-refractivity contribution in [2.75, 3.05) is 18.6 Å². The number of aryl methyl sites for hydroxylation is 1. The van der Waals surface area contributed by atoms with Crippen molar-refractivity contribution in [2.24, 2.45) is 35.0 Å². The number of carbonyl (C=O) groups excluding carboxylic acids is 1. The van der Waals surface area contributed by atoms with Gasteiger partial charge in [-0.1, -0.05) is 85.4 Å². The van der Waals surface area contributed by atoms with E-state index in [2.05, 4.69) is 70.7 Å². The SMILES string of the molecule is CCCCCc1cccc(CC2CC3C(O)CC4C(CCC45CCCC5)CSSCC4CC=C5OC(=C6OC(=O)C(C)=C6OC)C(C)C5C(C2)N43)c1. The number of rotatable bonds is 7. The van der Waals surface area contributed by atoms with Crippen LogP contribution in [0, 0.1) is 35.0 Å². The van der Waals surface area contributed by atoms with Gasteiger partial charge in [-0.2, -0.15) is 0 Å². The Labute approximate surface area is 320 Å². The third-order valence-electron chi connectivity index (χ3n) is 14.4. The molecular weight excluding hydrogens is 687 g/mol. The Hall–Kier alpha value is -1.87. The summed E-state index contributed by atoms with van der Waals surface area (Å²) in [6.45, 7) is 6.29. The van der Waals surface area contributed by atoms with Crippen molar-refractivity contribution in [3.8, 4) is 0 Å². The predicted molar refractivity (Wildman–Crippen MR) is 211 cm³/mol. The van der Waals surface area contributed by atoms with Crippen molar-refractivity contribution in [1.29, 1.82) is 0 Å². The minimum absolute atomic E-state index is 0.00784. The summed E-state index contributed by atoms with van der Waals surface area (Å²) in [5, 5.41) is 12.8. The lowest BCUT2D eigenvalue weighted by atomic mass is 9.69. The number of benzene rings is 1. The molecule has 5 aliphatic heterocycles. The third-order valence-corrected chi connectivity index (χ3v) is 17.0. The number of aliphatic hydroxyl groups excluding tert-OH is 1. The van der Waals surface area contributed by atoms with E-state index in [9.17, 15) is 9.90 Å². The maximum absolute atomic E-state index is 12.8. The highest BCUT2D eigenvalue weighted by Gasteiger charge is 2.55. The molecule has 5 fully saturated rings. The summed E-state index contributed by atoms with van der Waals surface area (Å²) in [5.41, 5.74) is 3.84. The van der Waals surface area contributed by atoms with Crippen LogP contribution in [0.25, 0.3) is 0 Å². The van der Waals surface area contributed by atoms with Crippen LogP contribution in [0.1, 0.15) is 115 Å². The van der Waals surface area contributed by atoms with Crippen LogP contribution in [0.2, 0.25) is 0 Å². The molecule has 0 bridgehead atoms. The second-order valence-electron chi connectivity index (χ2n) is 17.4. The molecule has 7 aliphatic rings. The topological polar surface area (TPSA) is 68.2 Å². The van der Waals surface area contributed by atoms with Crippen molar-refractivity contribution in [2.45, 2.75) is 141 Å². The van der Waals surface area contributed by atoms with E-state index >= 15 is 0 Å². The summed E-state index contributed by atoms with van der Waals surface area (Å²) >= 11 is 0. The maximum atomic E-state index is 12.8. The van der Waals surface area contributed by atoms with E-state index in [-0.39, 0.29) is 36.0 Å². The van der Waals surface area contributed by atoms with Gasteiger partial charge in [0.25, 0.3) is 0 Å². The molecule has 6 nitrogen and oxygen atoms in total. The van der Waals surface area contributed by atoms with Crippen LogP contribution < -0.4 is 0 Å². The molecule has 2 saturated carbocycles. The van der Waals surface area contributed by atoms with Crippen molar-refractivity contribution >= 4 is 27.6 Å². The first-order chi connectivity index (χ1) is 25.3. The fraction of sp³-hybridized carbons (Fsp3) is 0.705. The first kappa shape index (κ1) is 37.1. The van der Waals surface area contributed by atoms with Gasteiger partial charge in [0.15, 0.2) is 11.5 Å². The van der Waals surface area contributed by atoms with Gasteiger partial charge in [-0.3, -0.25) is 4.90 Å². The normalized spacial score (nSPS) is 37.4. The van der Waals surface area contributed by atoms with E-state index in [4.69, 9.17) is 14.2 Å². The molecule has 0 aromatic heterocycles. The zero-order valence-electron chi connectivity index (χ0n) is 31.9. The van der Waals surface area contributed by atoms with Gasteiger partial charge < -0.3 is 19.3 Å². The Morgan fingerprint density at radius 2 is 1.81 bits per heavy atom. The molecule has 1 spiro atoms. The lowest BCUT2D eigenvalue weighted by molar-refractivity contribution is -0.133. The van der Waals surface area contributed by atoms with Crippen LogP contribution in [0.3, 0.4) is 0 Å². The number of allylic oxidation sites excluding steroid dienone is 1. The zero-order chi connectivity index (χ0) is 36.0. The summed E-state index contributed by atoms with van der Waals surface area (Å²) in [6.07, 6.45) is 20.1. The number of hydrogen-bond donors (Lipinski definition) is 1. The van der Waals surface area contributed by atoms with Crippen LogP contribution in [-0.4, -0.2) is 58.8 Å². The lowest BCUT2D eigenvalue weighted by Crippen LogP contribution is -2.61. The molecule has 0 radical (unpaired) electrons. The van der Waals surface area contributed by atoms with E-state index in [1.807, 2.05) is 0 Å². The molecule has 1 aromatic rings. The molecule has 9 atom stereocenters. The Balaban J connectivity index is 1.16. The molecule has 0 amide bonds. The smallest absolute Gasteiger partial charge is 0.343 e. The van der Waals surface area contributed by atoms with Gasteiger partial charge in [0, 0.05) is 41.5 Å². The van der Waals surface area contributed by atoms with E-state index in [1.54, 1.807) is 14.0 Å². The summed E-state index contributed by atoms with van der Waals surface area (Å²) in [7, 11) is 5.79. The van der Waals surface area contributed by atoms with Gasteiger partial charge in [0.05, 0.1) is 18.8 Å². The second-order valence-corrected chi connectivity index (χ2v) is 20.0. The number of aliphatic hydroxyl groups is 1. The monoisotopic (exact) mass is 747 g/mol. The molecule has 3 saturated heterocycles. The zero-order valence-corrected chi connectivity index (χ0v) is 33.6. The van der Waals surface area contributed by atoms with Gasteiger partial charge in [-0.05, 0) is 118 Å². The fourth-order valence-corrected chi connectivity index (χ4v) is 14.7. The van der Waals surface area contributed by atoms with Crippen molar-refractivity contribution in [3.05, 3.63) is 70.1 Å². The first-order valence-electron chi connectivity index (χ1n) is 20.7. The van der Waals surface area contributed by atoms with Gasteiger partial charge in [-0.25, -0.2) is 4.79 Å². The minimum Gasteiger partial charge on any atom is -0.492 e. The highest BCUT2D eigenvalue weighted by molar-refractivity contribution is 8.76. The summed E-state index contributed by atoms with van der Waals surface area (Å²) in [4.78, 5) is 15.6. The second kappa shape index (κ2) is 15.7. The van der Waals surface area contributed by atoms with E-state index in [1.165, 1.54) is 74.7 Å². The number of piperidine rings is 1. The number of methoxy groups -OCH3 is 1. The third kappa shape index (κ3) is 6.94. The average Bonchev–Trinajstić information content (AvgIpc) is 3.88. The van der Waals surface area contributed by atoms with Gasteiger partial charge in [-0.15, -0.1) is 0 Å². The number of cyclic esters (lactones) is 1. The Morgan fingerprint density at radius 1 is 1.02 bits per heavy atom. The lowest BCUT2D eigenvalue weighted by Gasteiger charge is -2.52. The van der Waals surface area contributed by atoms with Gasteiger partial charge >= 0.3 is 5.97 Å². The molecule has 1 N–H and O–H groups in total. The minimum atomic E-state index is -0.360. The number of unbranched alkanes of at least 4 members (excludes halogenated alkanes) is 2. The number of esters is 1. The van der Waals surface area contributed by atoms with Gasteiger partial charge in [0.2, 0.25) is 5.76 Å². The number of carbonyl (C=O) groups is 1. The molecule has 52 heavy (non-hydrogen) atoms. The van der Waals surface area contributed by atoms with Crippen molar-refractivity contribution in [1.82, 2.24) is 4.90 Å². The van der Waals surface area contributed by atoms with Crippen LogP contribution in [0.5, 0.6) is 0 Å². The number of hydrogen-bond acceptors (Lipinski definition) is 8. The molecular formula is C44H61NO5S2. The first-order valence-corrected chi connectivity index (χ1v) is 23.2. The molecule has 9 unspecified atom stereocenters. The average molecular weight is 748 g/mol. The summed E-state index contributed by atoms with van der Waals surface area (Å²) < 4.78 is 18.4. The molecule has 5 heterocycles. The highest BCUT2D eigenvalue weighted by Crippen LogP contribution is 2.60. The van der Waals surface area contributed by atoms with Gasteiger partial charge in [0.1, 0.15) is 5.76 Å². The van der Waals surface area contributed by atoms with E-state index in [0.29, 0.717) is 40.4 Å². The quantitative estimate of drug-likeness (QED) is 0.168. The standard InChI is InChI=1S/C44H61NO5S2/c1-5-6-7-11-29-12-10-13-30(20-29)21-31-22-35-37(46)24-34-32(16-19-44(34)17-8-9-18-44)25-51-52-26-33-14-15-38-39(36(23-31)45(33)35)27(2)41(49-38)42-40(48-4)28(3)43(47)50-42/h10,12-13,15,20,27,31-37,39,46H,5-9,11,14,16-19,21-26H2,1-4H3.